The number of nitrogens with one attached hydrogen (secondary N) is 1. The lowest BCUT2D eigenvalue weighted by Gasteiger charge is -2.28. The van der Waals surface area contributed by atoms with E-state index >= 15 is 0 Å². The van der Waals surface area contributed by atoms with Crippen molar-refractivity contribution in [1.29, 1.82) is 0 Å². The number of fused-ring (bicyclic) bond motifs is 1. The van der Waals surface area contributed by atoms with Crippen LogP contribution >= 0.6 is 0 Å². The van der Waals surface area contributed by atoms with Gasteiger partial charge in [0.05, 0.1) is 5.92 Å². The van der Waals surface area contributed by atoms with E-state index in [4.69, 9.17) is 9.47 Å². The summed E-state index contributed by atoms with van der Waals surface area (Å²) in [5.74, 6) is 0.183. The molecule has 0 spiro atoms. The lowest BCUT2D eigenvalue weighted by atomic mass is 9.78. The highest BCUT2D eigenvalue weighted by atomic mass is 16.6. The Balaban J connectivity index is 1.83. The van der Waals surface area contributed by atoms with Gasteiger partial charge in [0.2, 0.25) is 0 Å². The van der Waals surface area contributed by atoms with E-state index in [9.17, 15) is 9.90 Å². The molecule has 2 N–H and O–H groups in total. The lowest BCUT2D eigenvalue weighted by molar-refractivity contribution is -0.142. The van der Waals surface area contributed by atoms with Gasteiger partial charge in [-0.2, -0.15) is 0 Å². The molecule has 3 rings (SSSR count). The molecule has 2 aliphatic rings. The van der Waals surface area contributed by atoms with Gasteiger partial charge in [-0.05, 0) is 36.5 Å². The maximum atomic E-state index is 12.0. The predicted molar refractivity (Wildman–Crippen MR) is 96.3 cm³/mol. The van der Waals surface area contributed by atoms with E-state index < -0.39 is 11.9 Å². The molecule has 1 aromatic rings. The van der Waals surface area contributed by atoms with Gasteiger partial charge in [-0.3, -0.25) is 4.79 Å². The average Bonchev–Trinajstić information content (AvgIpc) is 2.97. The molecule has 0 saturated carbocycles. The van der Waals surface area contributed by atoms with E-state index in [0.29, 0.717) is 25.5 Å². The van der Waals surface area contributed by atoms with E-state index in [1.165, 1.54) is 0 Å². The molecule has 3 atom stereocenters. The van der Waals surface area contributed by atoms with Crippen molar-refractivity contribution in [2.24, 2.45) is 11.3 Å². The molecule has 0 aliphatic carbocycles. The van der Waals surface area contributed by atoms with Gasteiger partial charge in [-0.25, -0.2) is 0 Å². The molecule has 0 aromatic heterocycles. The fraction of sp³-hybridized carbons (Fsp3) is 0.550. The van der Waals surface area contributed by atoms with Crippen molar-refractivity contribution in [3.63, 3.8) is 0 Å². The van der Waals surface area contributed by atoms with Crippen molar-refractivity contribution < 1.29 is 19.4 Å². The van der Waals surface area contributed by atoms with Crippen LogP contribution in [-0.2, 0) is 4.79 Å². The van der Waals surface area contributed by atoms with Crippen molar-refractivity contribution >= 4 is 5.97 Å². The van der Waals surface area contributed by atoms with Crippen LogP contribution in [0.15, 0.2) is 30.4 Å². The van der Waals surface area contributed by atoms with Crippen molar-refractivity contribution in [2.45, 2.75) is 39.2 Å². The van der Waals surface area contributed by atoms with E-state index in [0.717, 1.165) is 17.7 Å². The molecule has 136 valence electrons. The maximum Gasteiger partial charge on any atom is 0.308 e. The number of ether oxygens (including phenoxy) is 2. The minimum absolute atomic E-state index is 0.0399. The first-order valence-corrected chi connectivity index (χ1v) is 8.91. The number of carboxylic acid groups (broad SMARTS) is 1. The summed E-state index contributed by atoms with van der Waals surface area (Å²) in [6.45, 7) is 8.03. The van der Waals surface area contributed by atoms with Gasteiger partial charge in [0.25, 0.3) is 0 Å². The van der Waals surface area contributed by atoms with Gasteiger partial charge in [-0.15, -0.1) is 0 Å². The van der Waals surface area contributed by atoms with Gasteiger partial charge in [0.15, 0.2) is 11.5 Å². The quantitative estimate of drug-likeness (QED) is 0.802. The first kappa shape index (κ1) is 17.8. The molecular weight excluding hydrogens is 318 g/mol. The van der Waals surface area contributed by atoms with Crippen molar-refractivity contribution in [2.75, 3.05) is 19.8 Å². The zero-order valence-electron chi connectivity index (χ0n) is 15.1. The van der Waals surface area contributed by atoms with E-state index in [-0.39, 0.29) is 17.4 Å². The van der Waals surface area contributed by atoms with E-state index in [1.807, 2.05) is 31.2 Å². The highest BCUT2D eigenvalue weighted by molar-refractivity contribution is 5.73. The number of benzene rings is 1. The molecule has 2 heterocycles. The fourth-order valence-corrected chi connectivity index (χ4v) is 4.06. The van der Waals surface area contributed by atoms with Gasteiger partial charge in [0.1, 0.15) is 13.2 Å². The van der Waals surface area contributed by atoms with E-state index in [1.54, 1.807) is 0 Å². The molecule has 0 bridgehead atoms. The zero-order valence-corrected chi connectivity index (χ0v) is 15.1. The second-order valence-corrected chi connectivity index (χ2v) is 7.58. The monoisotopic (exact) mass is 345 g/mol. The number of carbonyl (C=O) groups is 1. The summed E-state index contributed by atoms with van der Waals surface area (Å²) >= 11 is 0. The molecule has 25 heavy (non-hydrogen) atoms. The van der Waals surface area contributed by atoms with Crippen LogP contribution in [0.1, 0.15) is 38.7 Å². The van der Waals surface area contributed by atoms with Gasteiger partial charge < -0.3 is 19.9 Å². The van der Waals surface area contributed by atoms with Gasteiger partial charge in [0, 0.05) is 18.5 Å². The van der Waals surface area contributed by atoms with Crippen LogP contribution in [0.3, 0.4) is 0 Å². The van der Waals surface area contributed by atoms with Crippen LogP contribution in [0.5, 0.6) is 11.5 Å². The maximum absolute atomic E-state index is 12.0. The summed E-state index contributed by atoms with van der Waals surface area (Å²) in [5.41, 5.74) is 0.956. The smallest absolute Gasteiger partial charge is 0.308 e. The zero-order chi connectivity index (χ0) is 18.0. The molecule has 1 aromatic carbocycles. The molecule has 0 radical (unpaired) electrons. The molecule has 1 fully saturated rings. The summed E-state index contributed by atoms with van der Waals surface area (Å²) in [5, 5.41) is 13.3. The Bertz CT molecular complexity index is 668. The Morgan fingerprint density at radius 3 is 2.72 bits per heavy atom. The third kappa shape index (κ3) is 3.82. The standard InChI is InChI=1S/C20H27NO4/c1-4-7-20(2,3)11-15-18(19(22)23)14(12-21-15)13-5-6-16-17(10-13)25-9-8-24-16/h4-7,10,14-15,18,21H,8-9,11-12H2,1-3H3,(H,22,23)/b7-4+/t14?,15?,18-/m1/s1. The van der Waals surface area contributed by atoms with Crippen LogP contribution in [-0.4, -0.2) is 36.9 Å². The highest BCUT2D eigenvalue weighted by Gasteiger charge is 2.43. The van der Waals surface area contributed by atoms with Gasteiger partial charge in [-0.1, -0.05) is 32.1 Å². The summed E-state index contributed by atoms with van der Waals surface area (Å²) in [4.78, 5) is 12.0. The van der Waals surface area contributed by atoms with Crippen LogP contribution in [0, 0.1) is 11.3 Å². The Kier molecular flexibility index (Phi) is 5.04. The summed E-state index contributed by atoms with van der Waals surface area (Å²) < 4.78 is 11.2. The third-order valence-corrected chi connectivity index (χ3v) is 5.11. The Labute approximate surface area is 149 Å². The Hall–Kier alpha value is -2.01. The number of hydrogen-bond donors (Lipinski definition) is 2. The van der Waals surface area contributed by atoms with Crippen LogP contribution in [0.25, 0.3) is 0 Å². The molecule has 0 amide bonds. The minimum Gasteiger partial charge on any atom is -0.486 e. The van der Waals surface area contributed by atoms with Crippen LogP contribution in [0.4, 0.5) is 0 Å². The molecular formula is C20H27NO4. The third-order valence-electron chi connectivity index (χ3n) is 5.11. The number of allylic oxidation sites excluding steroid dienone is 2. The molecule has 5 heteroatoms. The SMILES string of the molecule is C/C=C/C(C)(C)CC1NCC(c2ccc3c(c2)OCCO3)[C@H]1C(=O)O. The molecule has 1 saturated heterocycles. The molecule has 2 aliphatic heterocycles. The van der Waals surface area contributed by atoms with Gasteiger partial charge >= 0.3 is 5.97 Å². The molecule has 2 unspecified atom stereocenters. The van der Waals surface area contributed by atoms with E-state index in [2.05, 4.69) is 25.2 Å². The second kappa shape index (κ2) is 7.08. The number of aliphatic carboxylic acids is 1. The number of hydrogen-bond acceptors (Lipinski definition) is 4. The largest absolute Gasteiger partial charge is 0.486 e. The first-order valence-electron chi connectivity index (χ1n) is 8.91. The van der Waals surface area contributed by atoms with Crippen molar-refractivity contribution in [1.82, 2.24) is 5.32 Å². The van der Waals surface area contributed by atoms with Crippen LogP contribution < -0.4 is 14.8 Å². The average molecular weight is 345 g/mol. The summed E-state index contributed by atoms with van der Waals surface area (Å²) in [6.07, 6.45) is 4.96. The van der Waals surface area contributed by atoms with Crippen LogP contribution in [0.2, 0.25) is 0 Å². The topological polar surface area (TPSA) is 67.8 Å². The summed E-state index contributed by atoms with van der Waals surface area (Å²) in [7, 11) is 0. The first-order chi connectivity index (χ1) is 11.9. The predicted octanol–water partition coefficient (Wildman–Crippen LogP) is 3.21. The number of carboxylic acids is 1. The second-order valence-electron chi connectivity index (χ2n) is 7.58. The number of rotatable bonds is 5. The summed E-state index contributed by atoms with van der Waals surface area (Å²) in [6, 6.07) is 5.74. The van der Waals surface area contributed by atoms with Crippen molar-refractivity contribution in [3.05, 3.63) is 35.9 Å². The van der Waals surface area contributed by atoms with Crippen molar-refractivity contribution in [3.8, 4) is 11.5 Å². The fourth-order valence-electron chi connectivity index (χ4n) is 4.06. The highest BCUT2D eigenvalue weighted by Crippen LogP contribution is 2.40. The lowest BCUT2D eigenvalue weighted by Crippen LogP contribution is -2.36. The minimum atomic E-state index is -0.744. The normalized spacial score (nSPS) is 26.1. The Morgan fingerprint density at radius 2 is 2.04 bits per heavy atom. The Morgan fingerprint density at radius 1 is 1.32 bits per heavy atom. The molecule has 5 nitrogen and oxygen atoms in total.